The molecule has 0 fully saturated rings. The van der Waals surface area contributed by atoms with Crippen molar-refractivity contribution in [3.05, 3.63) is 90.0 Å². The molecule has 1 amide bonds. The minimum atomic E-state index is -3.84. The minimum Gasteiger partial charge on any atom is -0.465 e. The van der Waals surface area contributed by atoms with Gasteiger partial charge in [0.25, 0.3) is 15.9 Å². The van der Waals surface area contributed by atoms with Gasteiger partial charge in [-0.2, -0.15) is 0 Å². The van der Waals surface area contributed by atoms with Gasteiger partial charge in [-0.15, -0.1) is 0 Å². The maximum atomic E-state index is 12.6. The van der Waals surface area contributed by atoms with E-state index < -0.39 is 21.9 Å². The first kappa shape index (κ1) is 20.1. The number of rotatable bonds is 6. The van der Waals surface area contributed by atoms with Crippen molar-refractivity contribution in [2.45, 2.75) is 4.90 Å². The van der Waals surface area contributed by atoms with Gasteiger partial charge < -0.3 is 10.1 Å². The predicted molar refractivity (Wildman–Crippen MR) is 109 cm³/mol. The lowest BCUT2D eigenvalue weighted by atomic mass is 10.2. The van der Waals surface area contributed by atoms with E-state index in [4.69, 9.17) is 0 Å². The van der Waals surface area contributed by atoms with Gasteiger partial charge in [0, 0.05) is 16.9 Å². The second-order valence-corrected chi connectivity index (χ2v) is 7.70. The number of para-hydroxylation sites is 1. The molecule has 0 saturated heterocycles. The van der Waals surface area contributed by atoms with Crippen molar-refractivity contribution in [2.75, 3.05) is 17.1 Å². The number of carbonyl (C=O) groups excluding carboxylic acids is 2. The third-order valence-electron chi connectivity index (χ3n) is 4.00. The molecule has 0 bridgehead atoms. The van der Waals surface area contributed by atoms with Crippen molar-refractivity contribution in [1.82, 2.24) is 0 Å². The molecule has 0 aliphatic heterocycles. The molecule has 0 heterocycles. The Bertz CT molecular complexity index is 1130. The number of carbonyl (C=O) groups is 2. The Balaban J connectivity index is 1.76. The molecule has 8 heteroatoms. The van der Waals surface area contributed by atoms with Crippen molar-refractivity contribution < 1.29 is 22.7 Å². The smallest absolute Gasteiger partial charge is 0.337 e. The van der Waals surface area contributed by atoms with Crippen LogP contribution in [-0.2, 0) is 14.8 Å². The van der Waals surface area contributed by atoms with Gasteiger partial charge in [-0.25, -0.2) is 13.2 Å². The van der Waals surface area contributed by atoms with Crippen LogP contribution in [0, 0.1) is 0 Å². The zero-order valence-electron chi connectivity index (χ0n) is 15.5. The highest BCUT2D eigenvalue weighted by Crippen LogP contribution is 2.18. The molecule has 2 N–H and O–H groups in total. The Kier molecular flexibility index (Phi) is 5.94. The molecule has 0 unspecified atom stereocenters. The van der Waals surface area contributed by atoms with Gasteiger partial charge in [0.15, 0.2) is 0 Å². The average Bonchev–Trinajstić information content (AvgIpc) is 2.74. The van der Waals surface area contributed by atoms with Crippen LogP contribution in [0.5, 0.6) is 0 Å². The molecule has 0 spiro atoms. The Morgan fingerprint density at radius 2 is 1.48 bits per heavy atom. The van der Waals surface area contributed by atoms with Crippen molar-refractivity contribution in [2.24, 2.45) is 0 Å². The molecule has 0 radical (unpaired) electrons. The summed E-state index contributed by atoms with van der Waals surface area (Å²) in [4.78, 5) is 23.9. The lowest BCUT2D eigenvalue weighted by Crippen LogP contribution is -2.16. The maximum Gasteiger partial charge on any atom is 0.337 e. The molecule has 148 valence electrons. The van der Waals surface area contributed by atoms with Crippen LogP contribution >= 0.6 is 0 Å². The lowest BCUT2D eigenvalue weighted by Gasteiger charge is -2.10. The monoisotopic (exact) mass is 410 g/mol. The molecule has 0 atom stereocenters. The van der Waals surface area contributed by atoms with E-state index in [1.807, 2.05) is 0 Å². The second kappa shape index (κ2) is 8.57. The molecule has 7 nitrogen and oxygen atoms in total. The van der Waals surface area contributed by atoms with Crippen LogP contribution in [0.2, 0.25) is 0 Å². The van der Waals surface area contributed by atoms with Crippen molar-refractivity contribution in [3.63, 3.8) is 0 Å². The molecular formula is C21H18N2O5S. The summed E-state index contributed by atoms with van der Waals surface area (Å²) in [5, 5.41) is 2.66. The first-order valence-corrected chi connectivity index (χ1v) is 10.0. The summed E-state index contributed by atoms with van der Waals surface area (Å²) in [6.07, 6.45) is 0. The van der Waals surface area contributed by atoms with Gasteiger partial charge in [-0.05, 0) is 54.6 Å². The molecule has 3 aromatic carbocycles. The van der Waals surface area contributed by atoms with E-state index in [0.717, 1.165) is 0 Å². The van der Waals surface area contributed by atoms with Crippen LogP contribution in [0.4, 0.5) is 11.4 Å². The number of hydrogen-bond acceptors (Lipinski definition) is 5. The largest absolute Gasteiger partial charge is 0.465 e. The van der Waals surface area contributed by atoms with Gasteiger partial charge in [0.05, 0.1) is 17.6 Å². The standard InChI is InChI=1S/C21H18N2O5S/c1-28-21(25)15-10-12-17(13-11-15)22-20(24)16-6-5-9-19(14-16)29(26,27)23-18-7-3-2-4-8-18/h2-14,23H,1H3,(H,22,24). The fraction of sp³-hybridized carbons (Fsp3) is 0.0476. The molecule has 0 saturated carbocycles. The van der Waals surface area contributed by atoms with Crippen molar-refractivity contribution >= 4 is 33.3 Å². The number of sulfonamides is 1. The van der Waals surface area contributed by atoms with Gasteiger partial charge in [-0.1, -0.05) is 24.3 Å². The zero-order chi connectivity index (χ0) is 20.9. The van der Waals surface area contributed by atoms with E-state index in [1.54, 1.807) is 42.5 Å². The highest BCUT2D eigenvalue weighted by molar-refractivity contribution is 7.92. The molecule has 3 aromatic rings. The van der Waals surface area contributed by atoms with Crippen molar-refractivity contribution in [3.8, 4) is 0 Å². The number of anilines is 2. The molecule has 0 aliphatic carbocycles. The second-order valence-electron chi connectivity index (χ2n) is 6.02. The Hall–Kier alpha value is -3.65. The van der Waals surface area contributed by atoms with Crippen LogP contribution in [0.1, 0.15) is 20.7 Å². The van der Waals surface area contributed by atoms with Crippen LogP contribution in [-0.4, -0.2) is 27.4 Å². The molecular weight excluding hydrogens is 392 g/mol. The first-order chi connectivity index (χ1) is 13.9. The zero-order valence-corrected chi connectivity index (χ0v) is 16.3. The summed E-state index contributed by atoms with van der Waals surface area (Å²) in [6, 6.07) is 20.3. The number of nitrogens with one attached hydrogen (secondary N) is 2. The van der Waals surface area contributed by atoms with E-state index in [-0.39, 0.29) is 10.5 Å². The fourth-order valence-electron chi connectivity index (χ4n) is 2.54. The number of benzene rings is 3. The van der Waals surface area contributed by atoms with Gasteiger partial charge in [-0.3, -0.25) is 9.52 Å². The average molecular weight is 410 g/mol. The third kappa shape index (κ3) is 4.99. The van der Waals surface area contributed by atoms with Crippen molar-refractivity contribution in [1.29, 1.82) is 0 Å². The summed E-state index contributed by atoms with van der Waals surface area (Å²) >= 11 is 0. The number of hydrogen-bond donors (Lipinski definition) is 2. The maximum absolute atomic E-state index is 12.6. The Morgan fingerprint density at radius 1 is 0.793 bits per heavy atom. The molecule has 0 aliphatic rings. The number of esters is 1. The summed E-state index contributed by atoms with van der Waals surface area (Å²) in [5.41, 5.74) is 1.41. The first-order valence-electron chi connectivity index (χ1n) is 8.57. The van der Waals surface area contributed by atoms with E-state index in [1.165, 1.54) is 43.5 Å². The Morgan fingerprint density at radius 3 is 2.14 bits per heavy atom. The highest BCUT2D eigenvalue weighted by atomic mass is 32.2. The number of methoxy groups -OCH3 is 1. The summed E-state index contributed by atoms with van der Waals surface area (Å²) in [7, 11) is -2.56. The highest BCUT2D eigenvalue weighted by Gasteiger charge is 2.17. The normalized spacial score (nSPS) is 10.8. The van der Waals surface area contributed by atoms with Crippen LogP contribution in [0.15, 0.2) is 83.8 Å². The number of ether oxygens (including phenoxy) is 1. The van der Waals surface area contributed by atoms with Gasteiger partial charge >= 0.3 is 5.97 Å². The molecule has 0 aromatic heterocycles. The van der Waals surface area contributed by atoms with Crippen LogP contribution in [0.3, 0.4) is 0 Å². The van der Waals surface area contributed by atoms with Crippen LogP contribution < -0.4 is 10.0 Å². The lowest BCUT2D eigenvalue weighted by molar-refractivity contribution is 0.0600. The number of amides is 1. The van der Waals surface area contributed by atoms with Gasteiger partial charge in [0.2, 0.25) is 0 Å². The van der Waals surface area contributed by atoms with E-state index in [9.17, 15) is 18.0 Å². The predicted octanol–water partition coefficient (Wildman–Crippen LogP) is 3.53. The fourth-order valence-corrected chi connectivity index (χ4v) is 3.64. The molecule has 3 rings (SSSR count). The van der Waals surface area contributed by atoms with Crippen LogP contribution in [0.25, 0.3) is 0 Å². The molecule has 29 heavy (non-hydrogen) atoms. The summed E-state index contributed by atoms with van der Waals surface area (Å²) in [6.45, 7) is 0. The third-order valence-corrected chi connectivity index (χ3v) is 5.38. The van der Waals surface area contributed by atoms with E-state index >= 15 is 0 Å². The van der Waals surface area contributed by atoms with Gasteiger partial charge in [0.1, 0.15) is 0 Å². The topological polar surface area (TPSA) is 102 Å². The Labute approximate surface area is 168 Å². The quantitative estimate of drug-likeness (QED) is 0.606. The minimum absolute atomic E-state index is 0.0324. The summed E-state index contributed by atoms with van der Waals surface area (Å²) < 4.78 is 32.3. The SMILES string of the molecule is COC(=O)c1ccc(NC(=O)c2cccc(S(=O)(=O)Nc3ccccc3)c2)cc1. The van der Waals surface area contributed by atoms with E-state index in [0.29, 0.717) is 16.9 Å². The van der Waals surface area contributed by atoms with E-state index in [2.05, 4.69) is 14.8 Å². The summed E-state index contributed by atoms with van der Waals surface area (Å²) in [5.74, 6) is -0.959.